The fraction of sp³-hybridized carbons (Fsp3) is 0.412. The number of carbonyl (C=O) groups is 1. The van der Waals surface area contributed by atoms with Crippen molar-refractivity contribution in [1.29, 1.82) is 0 Å². The number of fused-ring (bicyclic) bond motifs is 1. The van der Waals surface area contributed by atoms with Gasteiger partial charge in [0.1, 0.15) is 5.60 Å². The van der Waals surface area contributed by atoms with Gasteiger partial charge in [0, 0.05) is 12.7 Å². The first-order valence-corrected chi connectivity index (χ1v) is 7.38. The quantitative estimate of drug-likeness (QED) is 0.880. The second-order valence-corrected chi connectivity index (χ2v) is 6.22. The highest BCUT2D eigenvalue weighted by Crippen LogP contribution is 2.13. The molecule has 0 spiro atoms. The first kappa shape index (κ1) is 16.2. The molecule has 0 aliphatic heterocycles. The van der Waals surface area contributed by atoms with Gasteiger partial charge in [-0.1, -0.05) is 6.07 Å². The minimum atomic E-state index is -0.465. The molecule has 0 fully saturated rings. The lowest BCUT2D eigenvalue weighted by atomic mass is 10.1. The maximum Gasteiger partial charge on any atom is 0.407 e. The molecular formula is C17H22N3O2. The van der Waals surface area contributed by atoms with Gasteiger partial charge in [-0.05, 0) is 58.2 Å². The number of benzene rings is 1. The van der Waals surface area contributed by atoms with Gasteiger partial charge in [0.25, 0.3) is 0 Å². The number of alkyl carbamates (subject to hydrolysis) is 1. The Morgan fingerprint density at radius 3 is 2.82 bits per heavy atom. The van der Waals surface area contributed by atoms with Crippen molar-refractivity contribution in [2.24, 2.45) is 0 Å². The normalized spacial score (nSPS) is 11.5. The van der Waals surface area contributed by atoms with Gasteiger partial charge in [0.15, 0.2) is 0 Å². The Balaban J connectivity index is 1.83. The summed E-state index contributed by atoms with van der Waals surface area (Å²) in [6.45, 7) is 9.91. The number of aromatic nitrogens is 2. The van der Waals surface area contributed by atoms with Gasteiger partial charge in [0.2, 0.25) is 0 Å². The lowest BCUT2D eigenvalue weighted by Crippen LogP contribution is -2.33. The van der Waals surface area contributed by atoms with E-state index in [-0.39, 0.29) is 6.09 Å². The third-order valence-corrected chi connectivity index (χ3v) is 2.97. The van der Waals surface area contributed by atoms with Crippen LogP contribution in [0.5, 0.6) is 0 Å². The third-order valence-electron chi connectivity index (χ3n) is 2.97. The van der Waals surface area contributed by atoms with Crippen molar-refractivity contribution in [2.45, 2.75) is 39.2 Å². The largest absolute Gasteiger partial charge is 0.444 e. The minimum Gasteiger partial charge on any atom is -0.444 e. The summed E-state index contributed by atoms with van der Waals surface area (Å²) in [6.07, 6.45) is 2.97. The van der Waals surface area contributed by atoms with Crippen LogP contribution in [0, 0.1) is 6.92 Å². The van der Waals surface area contributed by atoms with Crippen molar-refractivity contribution in [3.63, 3.8) is 0 Å². The molecule has 2 aromatic rings. The Hall–Kier alpha value is -2.17. The summed E-state index contributed by atoms with van der Waals surface area (Å²) in [5.41, 5.74) is 3.08. The molecule has 0 atom stereocenters. The summed E-state index contributed by atoms with van der Waals surface area (Å²) in [7, 11) is 0. The first-order valence-electron chi connectivity index (χ1n) is 7.38. The zero-order chi connectivity index (χ0) is 16.2. The van der Waals surface area contributed by atoms with E-state index in [1.165, 1.54) is 5.56 Å². The monoisotopic (exact) mass is 300 g/mol. The fourth-order valence-electron chi connectivity index (χ4n) is 2.05. The van der Waals surface area contributed by atoms with E-state index in [2.05, 4.69) is 22.2 Å². The molecule has 1 radical (unpaired) electrons. The highest BCUT2D eigenvalue weighted by Gasteiger charge is 2.15. The molecular weight excluding hydrogens is 278 g/mol. The molecule has 1 aromatic carbocycles. The molecule has 0 unspecified atom stereocenters. The van der Waals surface area contributed by atoms with Crippen molar-refractivity contribution in [3.8, 4) is 0 Å². The van der Waals surface area contributed by atoms with Crippen LogP contribution >= 0.6 is 0 Å². The molecule has 0 saturated carbocycles. The van der Waals surface area contributed by atoms with Crippen molar-refractivity contribution >= 4 is 17.1 Å². The van der Waals surface area contributed by atoms with Crippen LogP contribution < -0.4 is 5.32 Å². The Labute approximate surface area is 131 Å². The van der Waals surface area contributed by atoms with Crippen molar-refractivity contribution in [3.05, 3.63) is 42.6 Å². The third kappa shape index (κ3) is 4.98. The SMILES string of the molecule is [CH2]c1cnc2ccc(CCCNC(=O)OC(C)(C)C)cc2n1. The number of rotatable bonds is 4. The van der Waals surface area contributed by atoms with Gasteiger partial charge in [0.05, 0.1) is 16.7 Å². The average molecular weight is 300 g/mol. The number of ether oxygens (including phenoxy) is 1. The molecule has 5 heteroatoms. The zero-order valence-corrected chi connectivity index (χ0v) is 13.3. The molecule has 1 amide bonds. The molecule has 22 heavy (non-hydrogen) atoms. The molecule has 0 bridgehead atoms. The maximum absolute atomic E-state index is 11.5. The first-order chi connectivity index (χ1) is 10.3. The minimum absolute atomic E-state index is 0.376. The topological polar surface area (TPSA) is 64.1 Å². The van der Waals surface area contributed by atoms with E-state index in [0.717, 1.165) is 23.9 Å². The predicted molar refractivity (Wildman–Crippen MR) is 86.6 cm³/mol. The number of hydrogen-bond donors (Lipinski definition) is 1. The van der Waals surface area contributed by atoms with Crippen LogP contribution in [0.4, 0.5) is 4.79 Å². The molecule has 0 aliphatic rings. The molecule has 1 N–H and O–H groups in total. The van der Waals surface area contributed by atoms with E-state index in [1.54, 1.807) is 6.20 Å². The summed E-state index contributed by atoms with van der Waals surface area (Å²) in [6, 6.07) is 6.01. The molecule has 0 aliphatic carbocycles. The number of nitrogens with zero attached hydrogens (tertiary/aromatic N) is 2. The fourth-order valence-corrected chi connectivity index (χ4v) is 2.05. The summed E-state index contributed by atoms with van der Waals surface area (Å²) < 4.78 is 5.19. The Bertz CT molecular complexity index is 662. The lowest BCUT2D eigenvalue weighted by molar-refractivity contribution is 0.0527. The molecule has 117 valence electrons. The summed E-state index contributed by atoms with van der Waals surface area (Å²) in [5, 5.41) is 2.76. The van der Waals surface area contributed by atoms with Crippen molar-refractivity contribution in [1.82, 2.24) is 15.3 Å². The van der Waals surface area contributed by atoms with Crippen LogP contribution in [0.3, 0.4) is 0 Å². The highest BCUT2D eigenvalue weighted by molar-refractivity contribution is 5.74. The molecule has 2 rings (SSSR count). The van der Waals surface area contributed by atoms with Gasteiger partial charge in [-0.2, -0.15) is 0 Å². The maximum atomic E-state index is 11.5. The predicted octanol–water partition coefficient (Wildman–Crippen LogP) is 3.27. The van der Waals surface area contributed by atoms with Gasteiger partial charge in [-0.3, -0.25) is 4.98 Å². The van der Waals surface area contributed by atoms with Crippen LogP contribution in [-0.4, -0.2) is 28.2 Å². The standard InChI is InChI=1S/C17H22N3O2/c1-12-11-19-14-8-7-13(10-15(14)20-12)6-5-9-18-16(21)22-17(2,3)4/h7-8,10-11H,1,5-6,9H2,2-4H3,(H,18,21). The Morgan fingerprint density at radius 1 is 1.32 bits per heavy atom. The van der Waals surface area contributed by atoms with E-state index in [1.807, 2.05) is 39.0 Å². The number of aryl methyl sites for hydroxylation is 1. The molecule has 1 aromatic heterocycles. The Morgan fingerprint density at radius 2 is 2.09 bits per heavy atom. The van der Waals surface area contributed by atoms with Crippen LogP contribution in [0.25, 0.3) is 11.0 Å². The van der Waals surface area contributed by atoms with Gasteiger partial charge in [-0.25, -0.2) is 9.78 Å². The zero-order valence-electron chi connectivity index (χ0n) is 13.3. The summed E-state index contributed by atoms with van der Waals surface area (Å²) in [4.78, 5) is 20.2. The smallest absolute Gasteiger partial charge is 0.407 e. The molecule has 1 heterocycles. The van der Waals surface area contributed by atoms with Crippen LogP contribution in [0.2, 0.25) is 0 Å². The van der Waals surface area contributed by atoms with Crippen LogP contribution in [-0.2, 0) is 11.2 Å². The van der Waals surface area contributed by atoms with Gasteiger partial charge >= 0.3 is 6.09 Å². The highest BCUT2D eigenvalue weighted by atomic mass is 16.6. The van der Waals surface area contributed by atoms with Crippen LogP contribution in [0.15, 0.2) is 24.4 Å². The molecule has 5 nitrogen and oxygen atoms in total. The average Bonchev–Trinajstić information content (AvgIpc) is 2.41. The van der Waals surface area contributed by atoms with E-state index in [4.69, 9.17) is 4.74 Å². The number of carbonyl (C=O) groups excluding carboxylic acids is 1. The molecule has 0 saturated heterocycles. The summed E-state index contributed by atoms with van der Waals surface area (Å²) in [5.74, 6) is 0. The summed E-state index contributed by atoms with van der Waals surface area (Å²) >= 11 is 0. The lowest BCUT2D eigenvalue weighted by Gasteiger charge is -2.19. The van der Waals surface area contributed by atoms with Crippen molar-refractivity contribution in [2.75, 3.05) is 6.54 Å². The second kappa shape index (κ2) is 6.73. The number of amides is 1. The number of hydrogen-bond acceptors (Lipinski definition) is 4. The van der Waals surface area contributed by atoms with E-state index < -0.39 is 5.60 Å². The van der Waals surface area contributed by atoms with E-state index >= 15 is 0 Å². The Kier molecular flexibility index (Phi) is 4.96. The van der Waals surface area contributed by atoms with Gasteiger partial charge < -0.3 is 10.1 Å². The van der Waals surface area contributed by atoms with Gasteiger partial charge in [-0.15, -0.1) is 0 Å². The number of nitrogens with one attached hydrogen (secondary N) is 1. The van der Waals surface area contributed by atoms with E-state index in [9.17, 15) is 4.79 Å². The van der Waals surface area contributed by atoms with E-state index in [0.29, 0.717) is 12.2 Å². The van der Waals surface area contributed by atoms with Crippen molar-refractivity contribution < 1.29 is 9.53 Å². The van der Waals surface area contributed by atoms with Crippen LogP contribution in [0.1, 0.15) is 38.4 Å². The second-order valence-electron chi connectivity index (χ2n) is 6.22.